The normalized spacial score (nSPS) is 18.0. The van der Waals surface area contributed by atoms with Gasteiger partial charge in [-0.25, -0.2) is 0 Å². The molecule has 6 heteroatoms. The first-order chi connectivity index (χ1) is 10.1. The van der Waals surface area contributed by atoms with Crippen LogP contribution in [0, 0.1) is 0 Å². The molecule has 110 valence electrons. The van der Waals surface area contributed by atoms with Crippen molar-refractivity contribution in [3.8, 4) is 5.75 Å². The zero-order valence-electron chi connectivity index (χ0n) is 11.9. The second-order valence-electron chi connectivity index (χ2n) is 5.18. The molecule has 1 aliphatic rings. The first-order valence-electron chi connectivity index (χ1n) is 6.85. The van der Waals surface area contributed by atoms with Crippen LogP contribution >= 0.6 is 11.8 Å². The zero-order valence-corrected chi connectivity index (χ0v) is 12.7. The number of thioether (sulfide) groups is 1. The number of amides is 1. The SMILES string of the molecule is CC(C)Oc1cccc([C@H]2SCC(=O)Nc3[nH]ncc32)c1. The molecule has 0 saturated heterocycles. The van der Waals surface area contributed by atoms with Crippen LogP contribution in [0.5, 0.6) is 5.75 Å². The van der Waals surface area contributed by atoms with Gasteiger partial charge in [-0.15, -0.1) is 11.8 Å². The average Bonchev–Trinajstić information content (AvgIpc) is 2.81. The lowest BCUT2D eigenvalue weighted by molar-refractivity contribution is -0.113. The Morgan fingerprint density at radius 2 is 2.29 bits per heavy atom. The van der Waals surface area contributed by atoms with Crippen molar-refractivity contribution in [2.24, 2.45) is 0 Å². The summed E-state index contributed by atoms with van der Waals surface area (Å²) in [5.41, 5.74) is 2.10. The largest absolute Gasteiger partial charge is 0.491 e. The first kappa shape index (κ1) is 14.0. The van der Waals surface area contributed by atoms with E-state index < -0.39 is 0 Å². The number of nitrogens with one attached hydrogen (secondary N) is 2. The molecule has 3 rings (SSSR count). The Hall–Kier alpha value is -1.95. The van der Waals surface area contributed by atoms with Crippen LogP contribution in [0.4, 0.5) is 5.82 Å². The van der Waals surface area contributed by atoms with Crippen molar-refractivity contribution in [3.63, 3.8) is 0 Å². The molecule has 0 aliphatic carbocycles. The summed E-state index contributed by atoms with van der Waals surface area (Å²) in [4.78, 5) is 11.7. The number of hydrogen-bond acceptors (Lipinski definition) is 4. The maximum Gasteiger partial charge on any atom is 0.235 e. The molecular formula is C15H17N3O2S. The Kier molecular flexibility index (Phi) is 3.88. The van der Waals surface area contributed by atoms with Gasteiger partial charge in [0.25, 0.3) is 0 Å². The second-order valence-corrected chi connectivity index (χ2v) is 6.27. The molecule has 1 aromatic heterocycles. The van der Waals surface area contributed by atoms with Crippen LogP contribution in [-0.2, 0) is 4.79 Å². The molecule has 1 aromatic carbocycles. The summed E-state index contributed by atoms with van der Waals surface area (Å²) in [7, 11) is 0. The van der Waals surface area contributed by atoms with Crippen molar-refractivity contribution in [3.05, 3.63) is 41.6 Å². The number of aromatic nitrogens is 2. The highest BCUT2D eigenvalue weighted by Gasteiger charge is 2.25. The van der Waals surface area contributed by atoms with Crippen molar-refractivity contribution < 1.29 is 9.53 Å². The molecule has 2 heterocycles. The highest BCUT2D eigenvalue weighted by Crippen LogP contribution is 2.41. The van der Waals surface area contributed by atoms with Gasteiger partial charge in [0.15, 0.2) is 0 Å². The summed E-state index contributed by atoms with van der Waals surface area (Å²) in [6, 6.07) is 8.01. The molecule has 0 unspecified atom stereocenters. The standard InChI is InChI=1S/C15H17N3O2S/c1-9(2)20-11-5-3-4-10(6-11)14-12-7-16-18-15(12)17-13(19)8-21-14/h3-7,9,14H,8H2,1-2H3,(H2,16,17,18,19)/t14-/m1/s1. The minimum absolute atomic E-state index is 0.0115. The van der Waals surface area contributed by atoms with Gasteiger partial charge in [-0.05, 0) is 31.5 Å². The Labute approximate surface area is 127 Å². The maximum atomic E-state index is 11.7. The molecule has 0 saturated carbocycles. The summed E-state index contributed by atoms with van der Waals surface area (Å²) in [6.45, 7) is 4.01. The number of benzene rings is 1. The fraction of sp³-hybridized carbons (Fsp3) is 0.333. The highest BCUT2D eigenvalue weighted by molar-refractivity contribution is 8.00. The number of anilines is 1. The van der Waals surface area contributed by atoms with Gasteiger partial charge < -0.3 is 10.1 Å². The number of rotatable bonds is 3. The van der Waals surface area contributed by atoms with Crippen LogP contribution in [0.25, 0.3) is 0 Å². The summed E-state index contributed by atoms with van der Waals surface area (Å²) in [5.74, 6) is 1.94. The van der Waals surface area contributed by atoms with Crippen molar-refractivity contribution in [2.75, 3.05) is 11.1 Å². The third-order valence-electron chi connectivity index (χ3n) is 3.13. The molecule has 1 atom stereocenters. The number of carbonyl (C=O) groups excluding carboxylic acids is 1. The van der Waals surface area contributed by atoms with Gasteiger partial charge in [0.05, 0.1) is 23.3 Å². The summed E-state index contributed by atoms with van der Waals surface area (Å²) in [6.07, 6.45) is 1.91. The van der Waals surface area contributed by atoms with E-state index in [1.807, 2.05) is 32.0 Å². The number of carbonyl (C=O) groups is 1. The molecule has 2 aromatic rings. The molecule has 0 radical (unpaired) electrons. The molecule has 2 N–H and O–H groups in total. The Morgan fingerprint density at radius 1 is 1.43 bits per heavy atom. The fourth-order valence-electron chi connectivity index (χ4n) is 2.32. The monoisotopic (exact) mass is 303 g/mol. The molecule has 0 fully saturated rings. The average molecular weight is 303 g/mol. The predicted octanol–water partition coefficient (Wildman–Crippen LogP) is 2.97. The number of ether oxygens (including phenoxy) is 1. The number of H-pyrrole nitrogens is 1. The third kappa shape index (κ3) is 3.05. The molecule has 1 amide bonds. The minimum atomic E-state index is -0.0115. The minimum Gasteiger partial charge on any atom is -0.491 e. The molecule has 5 nitrogen and oxygen atoms in total. The molecule has 0 spiro atoms. The van der Waals surface area contributed by atoms with E-state index in [1.165, 1.54) is 0 Å². The van der Waals surface area contributed by atoms with E-state index in [9.17, 15) is 4.79 Å². The van der Waals surface area contributed by atoms with E-state index in [0.29, 0.717) is 11.6 Å². The lowest BCUT2D eigenvalue weighted by Gasteiger charge is -2.16. The van der Waals surface area contributed by atoms with E-state index in [0.717, 1.165) is 16.9 Å². The number of aromatic amines is 1. The smallest absolute Gasteiger partial charge is 0.235 e. The number of nitrogens with zero attached hydrogens (tertiary/aromatic N) is 1. The summed E-state index contributed by atoms with van der Waals surface area (Å²) in [5, 5.41) is 9.79. The Morgan fingerprint density at radius 3 is 3.10 bits per heavy atom. The van der Waals surface area contributed by atoms with Crippen molar-refractivity contribution in [1.29, 1.82) is 0 Å². The van der Waals surface area contributed by atoms with Gasteiger partial charge >= 0.3 is 0 Å². The quantitative estimate of drug-likeness (QED) is 0.915. The topological polar surface area (TPSA) is 67.0 Å². The van der Waals surface area contributed by atoms with E-state index in [-0.39, 0.29) is 17.3 Å². The van der Waals surface area contributed by atoms with Crippen LogP contribution in [-0.4, -0.2) is 28.0 Å². The molecular weight excluding hydrogens is 286 g/mol. The molecule has 1 aliphatic heterocycles. The fourth-order valence-corrected chi connectivity index (χ4v) is 3.41. The second kappa shape index (κ2) is 5.81. The van der Waals surface area contributed by atoms with Gasteiger partial charge in [0.1, 0.15) is 11.6 Å². The van der Waals surface area contributed by atoms with E-state index in [4.69, 9.17) is 4.74 Å². The predicted molar refractivity (Wildman–Crippen MR) is 83.7 cm³/mol. The van der Waals surface area contributed by atoms with Crippen LogP contribution in [0.15, 0.2) is 30.5 Å². The van der Waals surface area contributed by atoms with Crippen LogP contribution in [0.2, 0.25) is 0 Å². The van der Waals surface area contributed by atoms with E-state index >= 15 is 0 Å². The van der Waals surface area contributed by atoms with E-state index in [1.54, 1.807) is 18.0 Å². The van der Waals surface area contributed by atoms with Gasteiger partial charge in [-0.2, -0.15) is 5.10 Å². The van der Waals surface area contributed by atoms with Crippen LogP contribution in [0.3, 0.4) is 0 Å². The van der Waals surface area contributed by atoms with Crippen molar-refractivity contribution >= 4 is 23.5 Å². The van der Waals surface area contributed by atoms with Gasteiger partial charge in [-0.1, -0.05) is 12.1 Å². The lowest BCUT2D eigenvalue weighted by atomic mass is 10.1. The summed E-state index contributed by atoms with van der Waals surface area (Å²) < 4.78 is 5.75. The number of fused-ring (bicyclic) bond motifs is 1. The molecule has 0 bridgehead atoms. The molecule has 21 heavy (non-hydrogen) atoms. The zero-order chi connectivity index (χ0) is 14.8. The maximum absolute atomic E-state index is 11.7. The van der Waals surface area contributed by atoms with Crippen molar-refractivity contribution in [1.82, 2.24) is 10.2 Å². The Balaban J connectivity index is 1.95. The highest BCUT2D eigenvalue weighted by atomic mass is 32.2. The Bertz CT molecular complexity index is 654. The third-order valence-corrected chi connectivity index (χ3v) is 4.42. The van der Waals surface area contributed by atoms with Crippen LogP contribution < -0.4 is 10.1 Å². The van der Waals surface area contributed by atoms with Gasteiger partial charge in [0, 0.05) is 5.56 Å². The van der Waals surface area contributed by atoms with Gasteiger partial charge in [0.2, 0.25) is 5.91 Å². The van der Waals surface area contributed by atoms with Gasteiger partial charge in [-0.3, -0.25) is 9.89 Å². The summed E-state index contributed by atoms with van der Waals surface area (Å²) >= 11 is 1.59. The van der Waals surface area contributed by atoms with E-state index in [2.05, 4.69) is 21.6 Å². The van der Waals surface area contributed by atoms with Crippen molar-refractivity contribution in [2.45, 2.75) is 25.2 Å². The first-order valence-corrected chi connectivity index (χ1v) is 7.89. The lowest BCUT2D eigenvalue weighted by Crippen LogP contribution is -2.12. The number of hydrogen-bond donors (Lipinski definition) is 2. The van der Waals surface area contributed by atoms with Crippen LogP contribution in [0.1, 0.15) is 30.2 Å².